The lowest BCUT2D eigenvalue weighted by molar-refractivity contribution is -0.165. The lowest BCUT2D eigenvalue weighted by Crippen LogP contribution is -2.51. The summed E-state index contributed by atoms with van der Waals surface area (Å²) in [7, 11) is 1.22. The third kappa shape index (κ3) is 2.91. The number of carbonyl (C=O) groups excluding carboxylic acids is 2. The Bertz CT molecular complexity index is 832. The SMILES string of the molecule is COC(=O)C1(C(C)=O)OC(c2ccccc2)=NC1c1ccc(Cl)cc1. The Morgan fingerprint density at radius 2 is 1.76 bits per heavy atom. The zero-order valence-electron chi connectivity index (χ0n) is 13.7. The van der Waals surface area contributed by atoms with E-state index in [1.807, 2.05) is 18.2 Å². The molecule has 1 aliphatic rings. The largest absolute Gasteiger partial charge is 0.466 e. The van der Waals surface area contributed by atoms with Gasteiger partial charge in [0, 0.05) is 10.6 Å². The summed E-state index contributed by atoms with van der Waals surface area (Å²) in [6, 6.07) is 15.0. The Morgan fingerprint density at radius 1 is 1.12 bits per heavy atom. The molecule has 0 amide bonds. The number of esters is 1. The molecule has 2 unspecified atom stereocenters. The van der Waals surface area contributed by atoms with E-state index in [4.69, 9.17) is 21.1 Å². The van der Waals surface area contributed by atoms with Crippen LogP contribution >= 0.6 is 11.6 Å². The van der Waals surface area contributed by atoms with Gasteiger partial charge >= 0.3 is 5.97 Å². The molecule has 25 heavy (non-hydrogen) atoms. The van der Waals surface area contributed by atoms with E-state index < -0.39 is 23.4 Å². The molecule has 1 aliphatic heterocycles. The fourth-order valence-corrected chi connectivity index (χ4v) is 2.95. The molecule has 0 fully saturated rings. The van der Waals surface area contributed by atoms with Gasteiger partial charge in [-0.15, -0.1) is 0 Å². The molecule has 0 spiro atoms. The molecule has 0 aromatic heterocycles. The van der Waals surface area contributed by atoms with Crippen LogP contribution in [0.2, 0.25) is 5.02 Å². The molecule has 2 atom stereocenters. The van der Waals surface area contributed by atoms with Crippen molar-refractivity contribution in [3.05, 3.63) is 70.7 Å². The Kier molecular flexibility index (Phi) is 4.59. The van der Waals surface area contributed by atoms with Gasteiger partial charge in [-0.3, -0.25) is 4.79 Å². The monoisotopic (exact) mass is 357 g/mol. The first-order valence-electron chi connectivity index (χ1n) is 7.66. The number of nitrogens with zero attached hydrogens (tertiary/aromatic N) is 1. The normalized spacial score (nSPS) is 22.0. The number of rotatable bonds is 4. The number of halogens is 1. The van der Waals surface area contributed by atoms with Gasteiger partial charge in [0.1, 0.15) is 6.04 Å². The van der Waals surface area contributed by atoms with Crippen molar-refractivity contribution < 1.29 is 19.1 Å². The van der Waals surface area contributed by atoms with Gasteiger partial charge in [0.25, 0.3) is 5.60 Å². The predicted octanol–water partition coefficient (Wildman–Crippen LogP) is 3.36. The molecular formula is C19H16ClNO4. The van der Waals surface area contributed by atoms with Crippen LogP contribution in [0, 0.1) is 0 Å². The minimum atomic E-state index is -1.85. The van der Waals surface area contributed by atoms with E-state index in [2.05, 4.69) is 4.99 Å². The summed E-state index contributed by atoms with van der Waals surface area (Å²) in [6.07, 6.45) is 0. The smallest absolute Gasteiger partial charge is 0.360 e. The van der Waals surface area contributed by atoms with Gasteiger partial charge < -0.3 is 9.47 Å². The number of benzene rings is 2. The van der Waals surface area contributed by atoms with E-state index in [0.29, 0.717) is 16.1 Å². The zero-order valence-corrected chi connectivity index (χ0v) is 14.5. The van der Waals surface area contributed by atoms with Crippen LogP contribution in [0.4, 0.5) is 0 Å². The quantitative estimate of drug-likeness (QED) is 0.621. The average Bonchev–Trinajstić information content (AvgIpc) is 3.04. The molecule has 0 saturated heterocycles. The number of hydrogen-bond donors (Lipinski definition) is 0. The number of carbonyl (C=O) groups is 2. The van der Waals surface area contributed by atoms with Gasteiger partial charge in [0.15, 0.2) is 5.78 Å². The van der Waals surface area contributed by atoms with Crippen LogP contribution in [0.15, 0.2) is 59.6 Å². The van der Waals surface area contributed by atoms with Gasteiger partial charge in [-0.2, -0.15) is 0 Å². The third-order valence-corrected chi connectivity index (χ3v) is 4.36. The molecule has 0 aliphatic carbocycles. The molecule has 0 radical (unpaired) electrons. The summed E-state index contributed by atoms with van der Waals surface area (Å²) in [5.41, 5.74) is -0.544. The van der Waals surface area contributed by atoms with Crippen molar-refractivity contribution in [2.24, 2.45) is 4.99 Å². The summed E-state index contributed by atoms with van der Waals surface area (Å²) in [6.45, 7) is 1.29. The second-order valence-electron chi connectivity index (χ2n) is 5.64. The lowest BCUT2D eigenvalue weighted by Gasteiger charge is -2.28. The fraction of sp³-hybridized carbons (Fsp3) is 0.211. The lowest BCUT2D eigenvalue weighted by atomic mass is 9.86. The molecule has 0 saturated carbocycles. The van der Waals surface area contributed by atoms with Gasteiger partial charge in [0.05, 0.1) is 7.11 Å². The van der Waals surface area contributed by atoms with Crippen LogP contribution in [0.25, 0.3) is 0 Å². The standard InChI is InChI=1S/C19H16ClNO4/c1-12(22)19(18(23)24-2)16(13-8-10-15(20)11-9-13)21-17(25-19)14-6-4-3-5-7-14/h3-11,16H,1-2H3. The van der Waals surface area contributed by atoms with Crippen molar-refractivity contribution in [2.45, 2.75) is 18.6 Å². The third-order valence-electron chi connectivity index (χ3n) is 4.11. The summed E-state index contributed by atoms with van der Waals surface area (Å²) in [4.78, 5) is 29.5. The molecule has 0 N–H and O–H groups in total. The van der Waals surface area contributed by atoms with Crippen molar-refractivity contribution in [3.8, 4) is 0 Å². The van der Waals surface area contributed by atoms with Gasteiger partial charge in [0.2, 0.25) is 5.90 Å². The van der Waals surface area contributed by atoms with Gasteiger partial charge in [-0.25, -0.2) is 9.79 Å². The minimum absolute atomic E-state index is 0.223. The summed E-state index contributed by atoms with van der Waals surface area (Å²) in [5, 5.41) is 0.543. The first-order valence-corrected chi connectivity index (χ1v) is 8.04. The number of aliphatic imine (C=N–C) groups is 1. The highest BCUT2D eigenvalue weighted by Crippen LogP contribution is 2.41. The Balaban J connectivity index is 2.15. The Hall–Kier alpha value is -2.66. The first kappa shape index (κ1) is 17.2. The highest BCUT2D eigenvalue weighted by molar-refractivity contribution is 6.30. The van der Waals surface area contributed by atoms with Crippen molar-refractivity contribution >= 4 is 29.3 Å². The van der Waals surface area contributed by atoms with Gasteiger partial charge in [-0.05, 0) is 36.8 Å². The van der Waals surface area contributed by atoms with Crippen LogP contribution in [0.5, 0.6) is 0 Å². The molecule has 6 heteroatoms. The van der Waals surface area contributed by atoms with Crippen molar-refractivity contribution in [2.75, 3.05) is 7.11 Å². The summed E-state index contributed by atoms with van der Waals surface area (Å²) in [5.74, 6) is -1.04. The maximum atomic E-state index is 12.5. The molecule has 3 rings (SSSR count). The van der Waals surface area contributed by atoms with E-state index in [-0.39, 0.29) is 5.90 Å². The molecule has 5 nitrogen and oxygen atoms in total. The van der Waals surface area contributed by atoms with Gasteiger partial charge in [-0.1, -0.05) is 41.9 Å². The number of ketones is 1. The minimum Gasteiger partial charge on any atom is -0.466 e. The molecule has 1 heterocycles. The second kappa shape index (κ2) is 6.69. The first-order chi connectivity index (χ1) is 12.0. The van der Waals surface area contributed by atoms with Crippen LogP contribution in [-0.2, 0) is 19.1 Å². The maximum Gasteiger partial charge on any atom is 0.360 e. The van der Waals surface area contributed by atoms with Crippen molar-refractivity contribution in [1.82, 2.24) is 0 Å². The molecule has 0 bridgehead atoms. The highest BCUT2D eigenvalue weighted by atomic mass is 35.5. The van der Waals surface area contributed by atoms with E-state index in [1.165, 1.54) is 14.0 Å². The van der Waals surface area contributed by atoms with Crippen molar-refractivity contribution in [1.29, 1.82) is 0 Å². The second-order valence-corrected chi connectivity index (χ2v) is 6.08. The van der Waals surface area contributed by atoms with Crippen LogP contribution < -0.4 is 0 Å². The topological polar surface area (TPSA) is 65.0 Å². The number of methoxy groups -OCH3 is 1. The average molecular weight is 358 g/mol. The molecule has 128 valence electrons. The fourth-order valence-electron chi connectivity index (χ4n) is 2.82. The van der Waals surface area contributed by atoms with Crippen LogP contribution in [-0.4, -0.2) is 30.4 Å². The molecule has 2 aromatic carbocycles. The molecular weight excluding hydrogens is 342 g/mol. The van der Waals surface area contributed by atoms with Crippen molar-refractivity contribution in [3.63, 3.8) is 0 Å². The van der Waals surface area contributed by atoms with E-state index in [9.17, 15) is 9.59 Å². The number of Topliss-reactive ketones (excluding diaryl/α,β-unsaturated/α-hetero) is 1. The van der Waals surface area contributed by atoms with Crippen LogP contribution in [0.1, 0.15) is 24.1 Å². The number of ether oxygens (including phenoxy) is 2. The Labute approximate surface area is 150 Å². The van der Waals surface area contributed by atoms with Crippen LogP contribution in [0.3, 0.4) is 0 Å². The molecule has 2 aromatic rings. The Morgan fingerprint density at radius 3 is 2.32 bits per heavy atom. The van der Waals surface area contributed by atoms with E-state index in [1.54, 1.807) is 36.4 Å². The number of hydrogen-bond acceptors (Lipinski definition) is 5. The maximum absolute atomic E-state index is 12.5. The predicted molar refractivity (Wildman–Crippen MR) is 93.7 cm³/mol. The van der Waals surface area contributed by atoms with E-state index in [0.717, 1.165) is 0 Å². The zero-order chi connectivity index (χ0) is 18.0. The highest BCUT2D eigenvalue weighted by Gasteiger charge is 2.59. The van der Waals surface area contributed by atoms with E-state index >= 15 is 0 Å². The summed E-state index contributed by atoms with van der Waals surface area (Å²) < 4.78 is 10.7. The summed E-state index contributed by atoms with van der Waals surface area (Å²) >= 11 is 5.94.